The molecule has 13 heavy (non-hydrogen) atoms. The van der Waals surface area contributed by atoms with Crippen molar-refractivity contribution in [2.24, 2.45) is 0 Å². The predicted octanol–water partition coefficient (Wildman–Crippen LogP) is 2.55. The molecule has 0 radical (unpaired) electrons. The smallest absolute Gasteiger partial charge is 0.246 e. The number of hydrogen-bond acceptors (Lipinski definition) is 3. The Bertz CT molecular complexity index is 360. The molecule has 2 rings (SSSR count). The minimum Gasteiger partial charge on any atom is -0.508 e. The molecule has 1 N–H and O–H groups in total. The second kappa shape index (κ2) is 2.45. The number of halogens is 1. The van der Waals surface area contributed by atoms with Crippen molar-refractivity contribution in [3.05, 3.63) is 17.2 Å². The van der Waals surface area contributed by atoms with Gasteiger partial charge in [0.05, 0.1) is 5.02 Å². The van der Waals surface area contributed by atoms with E-state index in [0.29, 0.717) is 16.5 Å². The maximum atomic E-state index is 9.23. The number of aromatic hydroxyl groups is 1. The second-order valence-corrected chi connectivity index (χ2v) is 3.77. The van der Waals surface area contributed by atoms with E-state index >= 15 is 0 Å². The Labute approximate surface area is 80.8 Å². The van der Waals surface area contributed by atoms with Crippen LogP contribution in [0.5, 0.6) is 17.2 Å². The van der Waals surface area contributed by atoms with Gasteiger partial charge in [-0.2, -0.15) is 0 Å². The van der Waals surface area contributed by atoms with Crippen molar-refractivity contribution < 1.29 is 14.6 Å². The molecular formula is C9H9ClO3. The van der Waals surface area contributed by atoms with Gasteiger partial charge in [0.1, 0.15) is 5.75 Å². The fraction of sp³-hybridized carbons (Fsp3) is 0.333. The highest BCUT2D eigenvalue weighted by atomic mass is 35.5. The highest BCUT2D eigenvalue weighted by Gasteiger charge is 2.33. The molecule has 0 unspecified atom stereocenters. The number of benzene rings is 1. The molecule has 1 aliphatic heterocycles. The predicted molar refractivity (Wildman–Crippen MR) is 48.5 cm³/mol. The maximum Gasteiger partial charge on any atom is 0.246 e. The van der Waals surface area contributed by atoms with Crippen LogP contribution >= 0.6 is 11.6 Å². The summed E-state index contributed by atoms with van der Waals surface area (Å²) in [7, 11) is 0. The molecule has 70 valence electrons. The summed E-state index contributed by atoms with van der Waals surface area (Å²) >= 11 is 5.84. The van der Waals surface area contributed by atoms with Crippen molar-refractivity contribution in [1.82, 2.24) is 0 Å². The molecule has 1 aromatic rings. The van der Waals surface area contributed by atoms with Crippen LogP contribution in [0.25, 0.3) is 0 Å². The zero-order valence-corrected chi connectivity index (χ0v) is 8.05. The van der Waals surface area contributed by atoms with E-state index in [1.165, 1.54) is 12.1 Å². The monoisotopic (exact) mass is 200 g/mol. The van der Waals surface area contributed by atoms with E-state index in [1.54, 1.807) is 13.8 Å². The number of hydrogen-bond donors (Lipinski definition) is 1. The Morgan fingerprint density at radius 2 is 2.00 bits per heavy atom. The molecule has 1 heterocycles. The van der Waals surface area contributed by atoms with Gasteiger partial charge in [0.15, 0.2) is 11.5 Å². The van der Waals surface area contributed by atoms with E-state index in [0.717, 1.165) is 0 Å². The molecule has 1 aliphatic rings. The largest absolute Gasteiger partial charge is 0.508 e. The molecule has 4 heteroatoms. The summed E-state index contributed by atoms with van der Waals surface area (Å²) in [6.45, 7) is 3.56. The molecule has 0 atom stereocenters. The molecule has 0 saturated carbocycles. The van der Waals surface area contributed by atoms with Gasteiger partial charge in [0.2, 0.25) is 5.79 Å². The fourth-order valence-electron chi connectivity index (χ4n) is 1.26. The first-order valence-corrected chi connectivity index (χ1v) is 4.26. The summed E-state index contributed by atoms with van der Waals surface area (Å²) in [6.07, 6.45) is 0. The van der Waals surface area contributed by atoms with Gasteiger partial charge in [-0.05, 0) is 0 Å². The van der Waals surface area contributed by atoms with Gasteiger partial charge in [-0.1, -0.05) is 11.6 Å². The number of rotatable bonds is 0. The van der Waals surface area contributed by atoms with Gasteiger partial charge in [0.25, 0.3) is 0 Å². The van der Waals surface area contributed by atoms with E-state index in [4.69, 9.17) is 21.1 Å². The van der Waals surface area contributed by atoms with Crippen molar-refractivity contribution in [3.8, 4) is 17.2 Å². The van der Waals surface area contributed by atoms with Gasteiger partial charge in [0, 0.05) is 26.0 Å². The molecular weight excluding hydrogens is 192 g/mol. The van der Waals surface area contributed by atoms with Gasteiger partial charge < -0.3 is 14.6 Å². The molecule has 3 nitrogen and oxygen atoms in total. The van der Waals surface area contributed by atoms with E-state index in [9.17, 15) is 5.11 Å². The van der Waals surface area contributed by atoms with Crippen LogP contribution < -0.4 is 9.47 Å². The average Bonchev–Trinajstić information content (AvgIpc) is 2.23. The van der Waals surface area contributed by atoms with E-state index < -0.39 is 5.79 Å². The van der Waals surface area contributed by atoms with Gasteiger partial charge in [-0.25, -0.2) is 0 Å². The standard InChI is InChI=1S/C9H9ClO3/c1-9(2)12-7-4-5(11)3-6(10)8(7)13-9/h3-4,11H,1-2H3. The normalized spacial score (nSPS) is 17.5. The third kappa shape index (κ3) is 1.40. The van der Waals surface area contributed by atoms with Crippen LogP contribution in [0, 0.1) is 0 Å². The second-order valence-electron chi connectivity index (χ2n) is 3.36. The summed E-state index contributed by atoms with van der Waals surface area (Å²) in [4.78, 5) is 0. The van der Waals surface area contributed by atoms with Crippen molar-refractivity contribution in [1.29, 1.82) is 0 Å². The van der Waals surface area contributed by atoms with Crippen LogP contribution in [0.2, 0.25) is 5.02 Å². The molecule has 1 aromatic carbocycles. The summed E-state index contributed by atoms with van der Waals surface area (Å²) in [5.41, 5.74) is 0. The SMILES string of the molecule is CC1(C)Oc2cc(O)cc(Cl)c2O1. The van der Waals surface area contributed by atoms with Gasteiger partial charge in [-0.15, -0.1) is 0 Å². The third-order valence-corrected chi connectivity index (χ3v) is 1.98. The molecule has 0 bridgehead atoms. The van der Waals surface area contributed by atoms with Crippen LogP contribution in [0.3, 0.4) is 0 Å². The van der Waals surface area contributed by atoms with Crippen molar-refractivity contribution in [2.75, 3.05) is 0 Å². The Hall–Kier alpha value is -1.09. The Morgan fingerprint density at radius 3 is 2.69 bits per heavy atom. The van der Waals surface area contributed by atoms with Crippen molar-refractivity contribution >= 4 is 11.6 Å². The Kier molecular flexibility index (Phi) is 1.60. The van der Waals surface area contributed by atoms with Crippen LogP contribution in [-0.4, -0.2) is 10.9 Å². The van der Waals surface area contributed by atoms with E-state index in [1.807, 2.05) is 0 Å². The lowest BCUT2D eigenvalue weighted by molar-refractivity contribution is -0.0431. The minimum atomic E-state index is -0.709. The molecule has 0 amide bonds. The number of ether oxygens (including phenoxy) is 2. The number of phenols is 1. The first kappa shape index (κ1) is 8.51. The minimum absolute atomic E-state index is 0.0741. The average molecular weight is 201 g/mol. The molecule has 0 aromatic heterocycles. The van der Waals surface area contributed by atoms with Crippen LogP contribution in [0.1, 0.15) is 13.8 Å². The number of phenolic OH excluding ortho intramolecular Hbond substituents is 1. The molecule has 0 spiro atoms. The molecule has 0 saturated heterocycles. The summed E-state index contributed by atoms with van der Waals surface area (Å²) in [6, 6.07) is 2.90. The molecule has 0 aliphatic carbocycles. The Balaban J connectivity index is 2.52. The van der Waals surface area contributed by atoms with Crippen molar-refractivity contribution in [2.45, 2.75) is 19.6 Å². The zero-order valence-electron chi connectivity index (χ0n) is 7.30. The molecule has 0 fully saturated rings. The quantitative estimate of drug-likeness (QED) is 0.700. The van der Waals surface area contributed by atoms with E-state index in [2.05, 4.69) is 0 Å². The lowest BCUT2D eigenvalue weighted by atomic mass is 10.3. The maximum absolute atomic E-state index is 9.23. The lowest BCUT2D eigenvalue weighted by Crippen LogP contribution is -2.29. The summed E-state index contributed by atoms with van der Waals surface area (Å²) in [5.74, 6) is 0.337. The van der Waals surface area contributed by atoms with Gasteiger partial charge in [-0.3, -0.25) is 0 Å². The number of fused-ring (bicyclic) bond motifs is 1. The van der Waals surface area contributed by atoms with Crippen LogP contribution in [-0.2, 0) is 0 Å². The van der Waals surface area contributed by atoms with E-state index in [-0.39, 0.29) is 5.75 Å². The first-order valence-electron chi connectivity index (χ1n) is 3.88. The Morgan fingerprint density at radius 1 is 1.31 bits per heavy atom. The lowest BCUT2D eigenvalue weighted by Gasteiger charge is -2.16. The topological polar surface area (TPSA) is 38.7 Å². The fourth-order valence-corrected chi connectivity index (χ4v) is 1.50. The van der Waals surface area contributed by atoms with Gasteiger partial charge >= 0.3 is 0 Å². The van der Waals surface area contributed by atoms with Crippen molar-refractivity contribution in [3.63, 3.8) is 0 Å². The zero-order chi connectivity index (χ0) is 9.64. The first-order chi connectivity index (χ1) is 5.98. The summed E-state index contributed by atoms with van der Waals surface area (Å²) < 4.78 is 10.8. The highest BCUT2D eigenvalue weighted by molar-refractivity contribution is 6.32. The highest BCUT2D eigenvalue weighted by Crippen LogP contribution is 2.46. The summed E-state index contributed by atoms with van der Waals surface area (Å²) in [5, 5.41) is 9.59. The third-order valence-electron chi connectivity index (χ3n) is 1.70. The van der Waals surface area contributed by atoms with Crippen LogP contribution in [0.4, 0.5) is 0 Å². The van der Waals surface area contributed by atoms with Crippen LogP contribution in [0.15, 0.2) is 12.1 Å².